The highest BCUT2D eigenvalue weighted by Gasteiger charge is 2.17. The van der Waals surface area contributed by atoms with Gasteiger partial charge in [-0.3, -0.25) is 4.98 Å². The maximum atomic E-state index is 14.4. The molecule has 0 aliphatic carbocycles. The average Bonchev–Trinajstić information content (AvgIpc) is 3.43. The van der Waals surface area contributed by atoms with E-state index in [1.54, 1.807) is 49.8 Å². The Bertz CT molecular complexity index is 2090. The number of benzene rings is 3. The molecule has 0 bridgehead atoms. The number of carboxylic acid groups (broad SMARTS) is 1. The number of pyridine rings is 2. The lowest BCUT2D eigenvalue weighted by atomic mass is 9.94. The number of rotatable bonds is 11. The summed E-state index contributed by atoms with van der Waals surface area (Å²) in [6, 6.07) is 26.5. The largest absolute Gasteiger partial charge is 0.478 e. The van der Waals surface area contributed by atoms with Crippen molar-refractivity contribution < 1.29 is 23.8 Å². The normalized spacial score (nSPS) is 11.0. The first-order valence-corrected chi connectivity index (χ1v) is 14.5. The number of hydrogen-bond donors (Lipinski definition) is 1. The number of carbonyl (C=O) groups is 1. The molecule has 0 radical (unpaired) electrons. The molecular formula is C36H28FN5O4. The van der Waals surface area contributed by atoms with Crippen LogP contribution in [0.25, 0.3) is 33.4 Å². The van der Waals surface area contributed by atoms with Crippen molar-refractivity contribution in [2.75, 3.05) is 13.7 Å². The van der Waals surface area contributed by atoms with Crippen LogP contribution in [0.5, 0.6) is 5.88 Å². The fourth-order valence-electron chi connectivity index (χ4n) is 5.27. The molecule has 0 unspecified atom stereocenters. The van der Waals surface area contributed by atoms with Crippen LogP contribution in [0.15, 0.2) is 97.3 Å². The van der Waals surface area contributed by atoms with Crippen LogP contribution < -0.4 is 4.74 Å². The fourth-order valence-corrected chi connectivity index (χ4v) is 5.27. The molecule has 9 nitrogen and oxygen atoms in total. The van der Waals surface area contributed by atoms with Crippen molar-refractivity contribution in [2.24, 2.45) is 0 Å². The number of fused-ring (bicyclic) bond motifs is 1. The lowest BCUT2D eigenvalue weighted by molar-refractivity contribution is 0.0697. The number of hydrogen-bond acceptors (Lipinski definition) is 7. The summed E-state index contributed by atoms with van der Waals surface area (Å²) in [4.78, 5) is 25.4. The van der Waals surface area contributed by atoms with E-state index >= 15 is 0 Å². The van der Waals surface area contributed by atoms with Crippen LogP contribution in [0.1, 0.15) is 32.9 Å². The highest BCUT2D eigenvalue weighted by Crippen LogP contribution is 2.32. The first-order chi connectivity index (χ1) is 22.4. The zero-order valence-electron chi connectivity index (χ0n) is 24.9. The molecule has 46 heavy (non-hydrogen) atoms. The maximum absolute atomic E-state index is 14.4. The summed E-state index contributed by atoms with van der Waals surface area (Å²) in [5, 5.41) is 18.6. The van der Waals surface area contributed by atoms with Crippen LogP contribution in [0, 0.1) is 17.1 Å². The van der Waals surface area contributed by atoms with Crippen LogP contribution >= 0.6 is 0 Å². The SMILES string of the molecule is COCCn1c(Cc2ccc(-c3cccc(OCc4ccc(C#N)cc4F)n3)cc2-c2ccncc2)nc2ccc(C(=O)O)cc21. The number of imidazole rings is 1. The Morgan fingerprint density at radius 2 is 1.78 bits per heavy atom. The third kappa shape index (κ3) is 6.45. The number of aromatic carboxylic acids is 1. The maximum Gasteiger partial charge on any atom is 0.335 e. The lowest BCUT2D eigenvalue weighted by Crippen LogP contribution is -2.10. The summed E-state index contributed by atoms with van der Waals surface area (Å²) < 4.78 is 27.6. The van der Waals surface area contributed by atoms with Crippen LogP contribution in [-0.2, 0) is 24.3 Å². The minimum atomic E-state index is -0.997. The molecule has 3 heterocycles. The number of nitrogens with zero attached hydrogens (tertiary/aromatic N) is 5. The lowest BCUT2D eigenvalue weighted by Gasteiger charge is -2.14. The van der Waals surface area contributed by atoms with Gasteiger partial charge in [0.15, 0.2) is 0 Å². The Balaban J connectivity index is 1.34. The standard InChI is InChI=1S/C36H28FN5O4/c1-45-16-15-42-33-19-27(36(43)44)9-10-32(33)40-34(42)20-25-7-8-26(18-29(25)24-11-13-39-14-12-24)31-3-2-4-35(41-31)46-22-28-6-5-23(21-38)17-30(28)37/h2-14,17-19H,15-16,20,22H2,1H3,(H,43,44). The fraction of sp³-hybridized carbons (Fsp3) is 0.139. The molecule has 0 saturated heterocycles. The van der Waals surface area contributed by atoms with E-state index in [4.69, 9.17) is 19.7 Å². The molecule has 0 amide bonds. The number of nitriles is 1. The average molecular weight is 614 g/mol. The van der Waals surface area contributed by atoms with Gasteiger partial charge in [0.25, 0.3) is 0 Å². The number of methoxy groups -OCH3 is 1. The van der Waals surface area contributed by atoms with E-state index in [1.807, 2.05) is 47.0 Å². The third-order valence-electron chi connectivity index (χ3n) is 7.62. The summed E-state index contributed by atoms with van der Waals surface area (Å²) in [5.74, 6) is -0.390. The molecule has 228 valence electrons. The number of aromatic nitrogens is 4. The van der Waals surface area contributed by atoms with Gasteiger partial charge in [-0.25, -0.2) is 19.2 Å². The smallest absolute Gasteiger partial charge is 0.335 e. The molecule has 0 aliphatic rings. The quantitative estimate of drug-likeness (QED) is 0.172. The van der Waals surface area contributed by atoms with Gasteiger partial charge in [0.2, 0.25) is 5.88 Å². The van der Waals surface area contributed by atoms with E-state index in [0.29, 0.717) is 42.2 Å². The second kappa shape index (κ2) is 13.4. The van der Waals surface area contributed by atoms with Crippen LogP contribution in [-0.4, -0.2) is 44.3 Å². The van der Waals surface area contributed by atoms with Gasteiger partial charge in [-0.05, 0) is 71.3 Å². The van der Waals surface area contributed by atoms with Crippen molar-refractivity contribution in [2.45, 2.75) is 19.6 Å². The molecule has 6 aromatic rings. The molecule has 3 aromatic heterocycles. The first kappa shape index (κ1) is 30.1. The zero-order valence-corrected chi connectivity index (χ0v) is 24.9. The van der Waals surface area contributed by atoms with E-state index < -0.39 is 11.8 Å². The van der Waals surface area contributed by atoms with Crippen molar-refractivity contribution in [3.8, 4) is 34.3 Å². The van der Waals surface area contributed by atoms with Gasteiger partial charge in [0, 0.05) is 49.7 Å². The summed E-state index contributed by atoms with van der Waals surface area (Å²) in [7, 11) is 1.63. The monoisotopic (exact) mass is 613 g/mol. The topological polar surface area (TPSA) is 123 Å². The molecule has 10 heteroatoms. The summed E-state index contributed by atoms with van der Waals surface area (Å²) >= 11 is 0. The van der Waals surface area contributed by atoms with Gasteiger partial charge in [-0.2, -0.15) is 5.26 Å². The molecule has 1 N–H and O–H groups in total. The van der Waals surface area contributed by atoms with E-state index in [-0.39, 0.29) is 17.7 Å². The minimum absolute atomic E-state index is 0.0345. The molecule has 0 spiro atoms. The number of ether oxygens (including phenoxy) is 2. The van der Waals surface area contributed by atoms with Gasteiger partial charge in [-0.15, -0.1) is 0 Å². The molecule has 6 rings (SSSR count). The predicted molar refractivity (Wildman–Crippen MR) is 170 cm³/mol. The van der Waals surface area contributed by atoms with Crippen molar-refractivity contribution >= 4 is 17.0 Å². The first-order valence-electron chi connectivity index (χ1n) is 14.5. The third-order valence-corrected chi connectivity index (χ3v) is 7.62. The zero-order chi connectivity index (χ0) is 32.0. The Morgan fingerprint density at radius 1 is 0.957 bits per heavy atom. The summed E-state index contributed by atoms with van der Waals surface area (Å²) in [6.07, 6.45) is 3.95. The Morgan fingerprint density at radius 3 is 2.54 bits per heavy atom. The highest BCUT2D eigenvalue weighted by atomic mass is 19.1. The van der Waals surface area contributed by atoms with Gasteiger partial charge in [0.1, 0.15) is 18.2 Å². The molecule has 0 fully saturated rings. The van der Waals surface area contributed by atoms with Crippen molar-refractivity contribution in [3.05, 3.63) is 131 Å². The van der Waals surface area contributed by atoms with Gasteiger partial charge in [0.05, 0.1) is 40.5 Å². The van der Waals surface area contributed by atoms with Gasteiger partial charge >= 0.3 is 5.97 Å². The minimum Gasteiger partial charge on any atom is -0.478 e. The number of carboxylic acids is 1. The summed E-state index contributed by atoms with van der Waals surface area (Å²) in [6.45, 7) is 0.915. The molecule has 0 aliphatic heterocycles. The van der Waals surface area contributed by atoms with Crippen molar-refractivity contribution in [3.63, 3.8) is 0 Å². The van der Waals surface area contributed by atoms with E-state index in [1.165, 1.54) is 12.1 Å². The Kier molecular flexibility index (Phi) is 8.76. The highest BCUT2D eigenvalue weighted by molar-refractivity contribution is 5.92. The Labute approximate surface area is 264 Å². The van der Waals surface area contributed by atoms with E-state index in [9.17, 15) is 14.3 Å². The predicted octanol–water partition coefficient (Wildman–Crippen LogP) is 6.69. The Hall–Kier alpha value is -5.92. The van der Waals surface area contributed by atoms with Crippen molar-refractivity contribution in [1.29, 1.82) is 5.26 Å². The molecule has 0 atom stereocenters. The van der Waals surface area contributed by atoms with Crippen LogP contribution in [0.3, 0.4) is 0 Å². The summed E-state index contributed by atoms with van der Waals surface area (Å²) in [5.41, 5.74) is 6.66. The van der Waals surface area contributed by atoms with Crippen LogP contribution in [0.4, 0.5) is 4.39 Å². The van der Waals surface area contributed by atoms with E-state index in [2.05, 4.69) is 16.0 Å². The molecular weight excluding hydrogens is 585 g/mol. The van der Waals surface area contributed by atoms with Crippen LogP contribution in [0.2, 0.25) is 0 Å². The molecule has 3 aromatic carbocycles. The second-order valence-corrected chi connectivity index (χ2v) is 10.5. The van der Waals surface area contributed by atoms with Crippen molar-refractivity contribution in [1.82, 2.24) is 19.5 Å². The van der Waals surface area contributed by atoms with Gasteiger partial charge < -0.3 is 19.1 Å². The molecule has 0 saturated carbocycles. The number of halogens is 1. The second-order valence-electron chi connectivity index (χ2n) is 10.5. The van der Waals surface area contributed by atoms with Gasteiger partial charge in [-0.1, -0.05) is 24.3 Å². The van der Waals surface area contributed by atoms with E-state index in [0.717, 1.165) is 33.6 Å².